The van der Waals surface area contributed by atoms with Gasteiger partial charge in [0.05, 0.1) is 5.69 Å². The number of hydrogen-bond acceptors (Lipinski definition) is 3. The molecule has 0 saturated heterocycles. The summed E-state index contributed by atoms with van der Waals surface area (Å²) in [5.41, 5.74) is 6.26. The highest BCUT2D eigenvalue weighted by molar-refractivity contribution is 5.95. The molecule has 0 bridgehead atoms. The van der Waals surface area contributed by atoms with E-state index in [2.05, 4.69) is 12.2 Å². The summed E-state index contributed by atoms with van der Waals surface area (Å²) in [6, 6.07) is 4.85. The second-order valence-corrected chi connectivity index (χ2v) is 5.20. The van der Waals surface area contributed by atoms with Crippen LogP contribution in [-0.2, 0) is 0 Å². The van der Waals surface area contributed by atoms with Crippen molar-refractivity contribution < 1.29 is 9.90 Å². The third kappa shape index (κ3) is 2.94. The minimum absolute atomic E-state index is 0.0417. The Morgan fingerprint density at radius 3 is 2.61 bits per heavy atom. The van der Waals surface area contributed by atoms with Gasteiger partial charge in [-0.25, -0.2) is 0 Å². The van der Waals surface area contributed by atoms with Crippen LogP contribution < -0.4 is 11.1 Å². The average Bonchev–Trinajstić information content (AvgIpc) is 2.35. The summed E-state index contributed by atoms with van der Waals surface area (Å²) in [4.78, 5) is 12.0. The molecule has 0 aromatic heterocycles. The van der Waals surface area contributed by atoms with Gasteiger partial charge in [0.25, 0.3) is 5.91 Å². The molecule has 0 spiro atoms. The predicted octanol–water partition coefficient (Wildman–Crippen LogP) is 2.28. The number of rotatable bonds is 2. The van der Waals surface area contributed by atoms with Crippen LogP contribution in [0.25, 0.3) is 0 Å². The van der Waals surface area contributed by atoms with Crippen LogP contribution >= 0.6 is 0 Å². The number of phenolic OH excluding ortho intramolecular Hbond substituents is 1. The number of amides is 1. The van der Waals surface area contributed by atoms with Gasteiger partial charge in [0.1, 0.15) is 5.75 Å². The predicted molar refractivity (Wildman–Crippen MR) is 71.4 cm³/mol. The Morgan fingerprint density at radius 1 is 1.33 bits per heavy atom. The first-order valence-electron chi connectivity index (χ1n) is 6.45. The van der Waals surface area contributed by atoms with Gasteiger partial charge in [0, 0.05) is 11.6 Å². The number of nitrogen functional groups attached to an aromatic ring is 1. The zero-order valence-corrected chi connectivity index (χ0v) is 10.6. The van der Waals surface area contributed by atoms with Gasteiger partial charge in [0.15, 0.2) is 0 Å². The number of anilines is 1. The molecule has 1 fully saturated rings. The summed E-state index contributed by atoms with van der Waals surface area (Å²) >= 11 is 0. The Morgan fingerprint density at radius 2 is 2.00 bits per heavy atom. The summed E-state index contributed by atoms with van der Waals surface area (Å²) in [5, 5.41) is 12.5. The van der Waals surface area contributed by atoms with Crippen molar-refractivity contribution in [2.24, 2.45) is 5.92 Å². The van der Waals surface area contributed by atoms with Gasteiger partial charge in [-0.3, -0.25) is 4.79 Å². The molecule has 4 nitrogen and oxygen atoms in total. The van der Waals surface area contributed by atoms with Gasteiger partial charge >= 0.3 is 0 Å². The van der Waals surface area contributed by atoms with Gasteiger partial charge in [-0.15, -0.1) is 0 Å². The second-order valence-electron chi connectivity index (χ2n) is 5.20. The molecule has 0 heterocycles. The molecular weight excluding hydrogens is 228 g/mol. The van der Waals surface area contributed by atoms with E-state index in [4.69, 9.17) is 5.73 Å². The highest BCUT2D eigenvalue weighted by Crippen LogP contribution is 2.24. The van der Waals surface area contributed by atoms with Crippen molar-refractivity contribution >= 4 is 11.6 Å². The number of carbonyl (C=O) groups is 1. The molecule has 0 unspecified atom stereocenters. The monoisotopic (exact) mass is 248 g/mol. The third-order valence-corrected chi connectivity index (χ3v) is 3.64. The van der Waals surface area contributed by atoms with Gasteiger partial charge in [-0.05, 0) is 49.8 Å². The topological polar surface area (TPSA) is 75.4 Å². The normalized spacial score (nSPS) is 23.6. The molecule has 1 aromatic carbocycles. The zero-order chi connectivity index (χ0) is 13.1. The maximum atomic E-state index is 12.0. The quantitative estimate of drug-likeness (QED) is 0.555. The van der Waals surface area contributed by atoms with E-state index in [0.717, 1.165) is 31.6 Å². The smallest absolute Gasteiger partial charge is 0.251 e. The van der Waals surface area contributed by atoms with Gasteiger partial charge in [0.2, 0.25) is 0 Å². The summed E-state index contributed by atoms with van der Waals surface area (Å²) in [6.45, 7) is 2.25. The van der Waals surface area contributed by atoms with Crippen molar-refractivity contribution in [1.29, 1.82) is 0 Å². The van der Waals surface area contributed by atoms with Crippen LogP contribution in [0.4, 0.5) is 5.69 Å². The van der Waals surface area contributed by atoms with Crippen molar-refractivity contribution in [2.45, 2.75) is 38.6 Å². The first-order valence-corrected chi connectivity index (χ1v) is 6.45. The first-order chi connectivity index (χ1) is 8.56. The zero-order valence-electron chi connectivity index (χ0n) is 10.6. The van der Waals surface area contributed by atoms with Crippen LogP contribution in [0.3, 0.4) is 0 Å². The lowest BCUT2D eigenvalue weighted by Gasteiger charge is -2.26. The Labute approximate surface area is 107 Å². The summed E-state index contributed by atoms with van der Waals surface area (Å²) in [7, 11) is 0. The number of hydrogen-bond donors (Lipinski definition) is 3. The Balaban J connectivity index is 1.97. The van der Waals surface area contributed by atoms with E-state index in [-0.39, 0.29) is 23.4 Å². The van der Waals surface area contributed by atoms with E-state index in [0.29, 0.717) is 5.56 Å². The molecule has 4 heteroatoms. The fourth-order valence-corrected chi connectivity index (χ4v) is 2.36. The number of aromatic hydroxyl groups is 1. The number of carbonyl (C=O) groups excluding carboxylic acids is 1. The summed E-state index contributed by atoms with van der Waals surface area (Å²) in [5.74, 6) is 0.587. The fourth-order valence-electron chi connectivity index (χ4n) is 2.36. The molecule has 4 N–H and O–H groups in total. The van der Waals surface area contributed by atoms with Gasteiger partial charge in [-0.2, -0.15) is 0 Å². The highest BCUT2D eigenvalue weighted by Gasteiger charge is 2.20. The molecule has 2 rings (SSSR count). The molecule has 1 aromatic rings. The summed E-state index contributed by atoms with van der Waals surface area (Å²) in [6.07, 6.45) is 4.40. The number of nitrogens with one attached hydrogen (secondary N) is 1. The third-order valence-electron chi connectivity index (χ3n) is 3.64. The van der Waals surface area contributed by atoms with Crippen LogP contribution in [0, 0.1) is 5.92 Å². The molecule has 1 amide bonds. The van der Waals surface area contributed by atoms with Crippen molar-refractivity contribution in [3.05, 3.63) is 23.8 Å². The molecule has 1 saturated carbocycles. The van der Waals surface area contributed by atoms with E-state index < -0.39 is 0 Å². The minimum Gasteiger partial charge on any atom is -0.506 e. The van der Waals surface area contributed by atoms with Crippen molar-refractivity contribution in [3.63, 3.8) is 0 Å². The number of nitrogens with two attached hydrogens (primary N) is 1. The van der Waals surface area contributed by atoms with E-state index in [9.17, 15) is 9.90 Å². The fraction of sp³-hybridized carbons (Fsp3) is 0.500. The van der Waals surface area contributed by atoms with Crippen molar-refractivity contribution in [2.75, 3.05) is 5.73 Å². The molecule has 1 aliphatic carbocycles. The second kappa shape index (κ2) is 5.29. The lowest BCUT2D eigenvalue weighted by molar-refractivity contribution is 0.0922. The molecular formula is C14H20N2O2. The van der Waals surface area contributed by atoms with Gasteiger partial charge < -0.3 is 16.2 Å². The van der Waals surface area contributed by atoms with Crippen LogP contribution in [0.5, 0.6) is 5.75 Å². The number of phenols is 1. The van der Waals surface area contributed by atoms with E-state index >= 15 is 0 Å². The van der Waals surface area contributed by atoms with Crippen molar-refractivity contribution in [1.82, 2.24) is 5.32 Å². The van der Waals surface area contributed by atoms with Gasteiger partial charge in [-0.1, -0.05) is 6.92 Å². The molecule has 18 heavy (non-hydrogen) atoms. The maximum Gasteiger partial charge on any atom is 0.251 e. The molecule has 1 aliphatic rings. The van der Waals surface area contributed by atoms with E-state index in [1.165, 1.54) is 6.07 Å². The Bertz CT molecular complexity index is 437. The number of benzene rings is 1. The van der Waals surface area contributed by atoms with Crippen LogP contribution in [0.15, 0.2) is 18.2 Å². The Hall–Kier alpha value is -1.71. The largest absolute Gasteiger partial charge is 0.506 e. The molecule has 0 atom stereocenters. The first kappa shape index (κ1) is 12.7. The molecule has 0 radical (unpaired) electrons. The van der Waals surface area contributed by atoms with Crippen LogP contribution in [0.1, 0.15) is 43.0 Å². The molecule has 0 aliphatic heterocycles. The summed E-state index contributed by atoms with van der Waals surface area (Å²) < 4.78 is 0. The minimum atomic E-state index is -0.134. The van der Waals surface area contributed by atoms with Crippen molar-refractivity contribution in [3.8, 4) is 5.75 Å². The standard InChI is InChI=1S/C14H20N2O2/c1-9-2-5-11(6-3-9)16-14(18)10-4-7-12(15)13(17)8-10/h4,7-9,11,17H,2-3,5-6,15H2,1H3,(H,16,18). The Kier molecular flexibility index (Phi) is 3.75. The lowest BCUT2D eigenvalue weighted by Crippen LogP contribution is -2.37. The SMILES string of the molecule is CC1CCC(NC(=O)c2ccc(N)c(O)c2)CC1. The lowest BCUT2D eigenvalue weighted by atomic mass is 9.87. The average molecular weight is 248 g/mol. The highest BCUT2D eigenvalue weighted by atomic mass is 16.3. The van der Waals surface area contributed by atoms with E-state index in [1.54, 1.807) is 12.1 Å². The van der Waals surface area contributed by atoms with E-state index in [1.807, 2.05) is 0 Å². The maximum absolute atomic E-state index is 12.0. The van der Waals surface area contributed by atoms with Crippen LogP contribution in [0.2, 0.25) is 0 Å². The molecule has 98 valence electrons. The van der Waals surface area contributed by atoms with Crippen LogP contribution in [-0.4, -0.2) is 17.1 Å².